The van der Waals surface area contributed by atoms with Gasteiger partial charge in [0.2, 0.25) is 17.7 Å². The summed E-state index contributed by atoms with van der Waals surface area (Å²) in [6, 6.07) is 15.1. The summed E-state index contributed by atoms with van der Waals surface area (Å²) in [4.78, 5) is 33.4. The van der Waals surface area contributed by atoms with Gasteiger partial charge in [-0.2, -0.15) is 0 Å². The molecule has 0 saturated carbocycles. The molecule has 0 fully saturated rings. The predicted molar refractivity (Wildman–Crippen MR) is 126 cm³/mol. The Kier molecular flexibility index (Phi) is 6.53. The second kappa shape index (κ2) is 9.68. The summed E-state index contributed by atoms with van der Waals surface area (Å²) in [6.07, 6.45) is 2.12. The van der Waals surface area contributed by atoms with E-state index in [4.69, 9.17) is 4.42 Å². The number of aromatic nitrogens is 3. The largest absolute Gasteiger partial charge is 0.441 e. The van der Waals surface area contributed by atoms with Gasteiger partial charge in [0.15, 0.2) is 0 Å². The number of nitrogens with zero attached hydrogens (tertiary/aromatic N) is 3. The predicted octanol–water partition coefficient (Wildman–Crippen LogP) is 4.30. The van der Waals surface area contributed by atoms with E-state index in [-0.39, 0.29) is 30.8 Å². The Balaban J connectivity index is 1.40. The average Bonchev–Trinajstić information content (AvgIpc) is 3.35. The minimum absolute atomic E-state index is 0.0280. The van der Waals surface area contributed by atoms with Crippen molar-refractivity contribution in [1.82, 2.24) is 19.9 Å². The zero-order valence-corrected chi connectivity index (χ0v) is 19.0. The first-order valence-electron chi connectivity index (χ1n) is 10.9. The maximum Gasteiger partial charge on any atom is 0.240 e. The van der Waals surface area contributed by atoms with Crippen LogP contribution in [0.3, 0.4) is 0 Å². The standard InChI is InChI=1S/C25H27N5O3/c1-16(2)11-23(31)28-19-8-6-7-18(12-19)25-29-21(17(3)33-25)13-26-24(32)14-30-15-27-20-9-4-5-10-22(20)30/h4-10,12,15-16H,11,13-14H2,1-3H3,(H,26,32)(H,28,31). The monoisotopic (exact) mass is 445 g/mol. The van der Waals surface area contributed by atoms with Crippen molar-refractivity contribution in [3.05, 3.63) is 66.3 Å². The molecule has 0 aliphatic rings. The maximum atomic E-state index is 12.5. The van der Waals surface area contributed by atoms with Crippen LogP contribution in [-0.4, -0.2) is 26.3 Å². The average molecular weight is 446 g/mol. The van der Waals surface area contributed by atoms with Crippen molar-refractivity contribution in [2.45, 2.75) is 40.3 Å². The summed E-state index contributed by atoms with van der Waals surface area (Å²) in [7, 11) is 0. The topological polar surface area (TPSA) is 102 Å². The summed E-state index contributed by atoms with van der Waals surface area (Å²) in [5.41, 5.74) is 3.86. The van der Waals surface area contributed by atoms with Crippen molar-refractivity contribution in [2.75, 3.05) is 5.32 Å². The molecule has 2 amide bonds. The lowest BCUT2D eigenvalue weighted by Crippen LogP contribution is -2.27. The van der Waals surface area contributed by atoms with E-state index in [1.54, 1.807) is 6.33 Å². The van der Waals surface area contributed by atoms with Crippen LogP contribution in [0.25, 0.3) is 22.5 Å². The zero-order valence-electron chi connectivity index (χ0n) is 19.0. The van der Waals surface area contributed by atoms with Crippen molar-refractivity contribution in [3.63, 3.8) is 0 Å². The fraction of sp³-hybridized carbons (Fsp3) is 0.280. The van der Waals surface area contributed by atoms with Crippen LogP contribution in [0.5, 0.6) is 0 Å². The summed E-state index contributed by atoms with van der Waals surface area (Å²) in [6.45, 7) is 6.25. The molecule has 4 rings (SSSR count). The van der Waals surface area contributed by atoms with Crippen molar-refractivity contribution >= 4 is 28.5 Å². The van der Waals surface area contributed by atoms with E-state index in [1.165, 1.54) is 0 Å². The highest BCUT2D eigenvalue weighted by Gasteiger charge is 2.14. The van der Waals surface area contributed by atoms with Gasteiger partial charge in [-0.05, 0) is 43.2 Å². The van der Waals surface area contributed by atoms with Gasteiger partial charge in [-0.15, -0.1) is 0 Å². The Morgan fingerprint density at radius 3 is 2.73 bits per heavy atom. The lowest BCUT2D eigenvalue weighted by Gasteiger charge is -2.07. The number of hydrogen-bond acceptors (Lipinski definition) is 5. The summed E-state index contributed by atoms with van der Waals surface area (Å²) in [5.74, 6) is 1.19. The van der Waals surface area contributed by atoms with E-state index in [2.05, 4.69) is 20.6 Å². The number of para-hydroxylation sites is 2. The van der Waals surface area contributed by atoms with Crippen molar-refractivity contribution in [2.24, 2.45) is 5.92 Å². The molecule has 0 unspecified atom stereocenters. The van der Waals surface area contributed by atoms with Gasteiger partial charge >= 0.3 is 0 Å². The van der Waals surface area contributed by atoms with Gasteiger partial charge in [0.1, 0.15) is 18.0 Å². The lowest BCUT2D eigenvalue weighted by molar-refractivity contribution is -0.121. The SMILES string of the molecule is Cc1oc(-c2cccc(NC(=O)CC(C)C)c2)nc1CNC(=O)Cn1cnc2ccccc21. The fourth-order valence-electron chi connectivity index (χ4n) is 3.56. The van der Waals surface area contributed by atoms with E-state index in [0.717, 1.165) is 16.6 Å². The van der Waals surface area contributed by atoms with Crippen LogP contribution in [0.4, 0.5) is 5.69 Å². The van der Waals surface area contributed by atoms with E-state index < -0.39 is 0 Å². The van der Waals surface area contributed by atoms with Crippen LogP contribution in [-0.2, 0) is 22.7 Å². The van der Waals surface area contributed by atoms with Crippen molar-refractivity contribution in [1.29, 1.82) is 0 Å². The number of carbonyl (C=O) groups excluding carboxylic acids is 2. The molecular formula is C25H27N5O3. The number of aryl methyl sites for hydroxylation is 1. The van der Waals surface area contributed by atoms with Crippen LogP contribution in [0.15, 0.2) is 59.3 Å². The number of benzene rings is 2. The lowest BCUT2D eigenvalue weighted by atomic mass is 10.1. The Morgan fingerprint density at radius 2 is 1.91 bits per heavy atom. The number of anilines is 1. The molecule has 2 aromatic carbocycles. The molecular weight excluding hydrogens is 418 g/mol. The Morgan fingerprint density at radius 1 is 1.09 bits per heavy atom. The van der Waals surface area contributed by atoms with Gasteiger partial charge in [-0.3, -0.25) is 9.59 Å². The third-order valence-electron chi connectivity index (χ3n) is 5.17. The number of carbonyl (C=O) groups is 2. The minimum Gasteiger partial charge on any atom is -0.441 e. The second-order valence-corrected chi connectivity index (χ2v) is 8.39. The van der Waals surface area contributed by atoms with Gasteiger partial charge in [0.25, 0.3) is 0 Å². The molecule has 8 nitrogen and oxygen atoms in total. The van der Waals surface area contributed by atoms with Crippen LogP contribution in [0, 0.1) is 12.8 Å². The summed E-state index contributed by atoms with van der Waals surface area (Å²) in [5, 5.41) is 5.80. The first-order chi connectivity index (χ1) is 15.9. The second-order valence-electron chi connectivity index (χ2n) is 8.39. The Hall–Kier alpha value is -3.94. The van der Waals surface area contributed by atoms with Gasteiger partial charge < -0.3 is 19.6 Å². The molecule has 2 aromatic heterocycles. The van der Waals surface area contributed by atoms with E-state index in [0.29, 0.717) is 29.5 Å². The summed E-state index contributed by atoms with van der Waals surface area (Å²) >= 11 is 0. The smallest absolute Gasteiger partial charge is 0.240 e. The molecule has 0 bridgehead atoms. The molecule has 0 atom stereocenters. The van der Waals surface area contributed by atoms with Gasteiger partial charge in [0.05, 0.1) is 23.9 Å². The highest BCUT2D eigenvalue weighted by Crippen LogP contribution is 2.24. The number of rotatable bonds is 8. The molecule has 0 saturated heterocycles. The molecule has 0 radical (unpaired) electrons. The van der Waals surface area contributed by atoms with Crippen LogP contribution in [0.1, 0.15) is 31.7 Å². The molecule has 4 aromatic rings. The molecule has 8 heteroatoms. The van der Waals surface area contributed by atoms with Crippen LogP contribution < -0.4 is 10.6 Å². The van der Waals surface area contributed by atoms with Gasteiger partial charge in [-0.25, -0.2) is 9.97 Å². The molecule has 2 N–H and O–H groups in total. The van der Waals surface area contributed by atoms with Gasteiger partial charge in [-0.1, -0.05) is 32.0 Å². The van der Waals surface area contributed by atoms with Gasteiger partial charge in [0, 0.05) is 17.7 Å². The van der Waals surface area contributed by atoms with E-state index in [1.807, 2.05) is 73.9 Å². The number of hydrogen-bond donors (Lipinski definition) is 2. The van der Waals surface area contributed by atoms with Crippen LogP contribution in [0.2, 0.25) is 0 Å². The first kappa shape index (κ1) is 22.3. The molecule has 2 heterocycles. The number of imidazole rings is 1. The summed E-state index contributed by atoms with van der Waals surface area (Å²) < 4.78 is 7.64. The fourth-order valence-corrected chi connectivity index (χ4v) is 3.56. The maximum absolute atomic E-state index is 12.5. The van der Waals surface area contributed by atoms with Crippen molar-refractivity contribution in [3.8, 4) is 11.5 Å². The van der Waals surface area contributed by atoms with E-state index >= 15 is 0 Å². The highest BCUT2D eigenvalue weighted by molar-refractivity contribution is 5.91. The minimum atomic E-state index is -0.142. The number of nitrogens with one attached hydrogen (secondary N) is 2. The quantitative estimate of drug-likeness (QED) is 0.421. The molecule has 170 valence electrons. The van der Waals surface area contributed by atoms with Crippen molar-refractivity contribution < 1.29 is 14.0 Å². The van der Waals surface area contributed by atoms with Crippen LogP contribution >= 0.6 is 0 Å². The third kappa shape index (κ3) is 5.46. The molecule has 0 spiro atoms. The molecule has 0 aliphatic heterocycles. The Labute approximate surface area is 192 Å². The zero-order chi connectivity index (χ0) is 23.4. The number of fused-ring (bicyclic) bond motifs is 1. The third-order valence-corrected chi connectivity index (χ3v) is 5.17. The normalized spacial score (nSPS) is 11.2. The van der Waals surface area contributed by atoms with E-state index in [9.17, 15) is 9.59 Å². The highest BCUT2D eigenvalue weighted by atomic mass is 16.4. The number of amides is 2. The molecule has 0 aliphatic carbocycles. The molecule has 33 heavy (non-hydrogen) atoms. The number of oxazole rings is 1. The Bertz CT molecular complexity index is 1290. The first-order valence-corrected chi connectivity index (χ1v) is 10.9.